The van der Waals surface area contributed by atoms with Crippen LogP contribution in [-0.2, 0) is 9.53 Å². The van der Waals surface area contributed by atoms with E-state index in [2.05, 4.69) is 6.58 Å². The molecular weight excluding hydrogens is 242 g/mol. The van der Waals surface area contributed by atoms with Crippen molar-refractivity contribution in [3.63, 3.8) is 0 Å². The van der Waals surface area contributed by atoms with E-state index in [1.54, 1.807) is 11.0 Å². The first-order valence-corrected chi connectivity index (χ1v) is 6.93. The monoisotopic (exact) mass is 265 g/mol. The minimum Gasteiger partial charge on any atom is -0.444 e. The Balaban J connectivity index is 1.99. The molecule has 106 valence electrons. The van der Waals surface area contributed by atoms with E-state index in [9.17, 15) is 9.59 Å². The second-order valence-corrected chi connectivity index (χ2v) is 6.61. The molecule has 4 nitrogen and oxygen atoms in total. The maximum Gasteiger partial charge on any atom is 0.410 e. The van der Waals surface area contributed by atoms with Gasteiger partial charge in [-0.2, -0.15) is 0 Å². The molecule has 0 bridgehead atoms. The number of fused-ring (bicyclic) bond motifs is 1. The average molecular weight is 265 g/mol. The minimum absolute atomic E-state index is 0.0509. The highest BCUT2D eigenvalue weighted by molar-refractivity contribution is 5.84. The molecule has 0 aromatic heterocycles. The van der Waals surface area contributed by atoms with E-state index < -0.39 is 5.60 Å². The number of allylic oxidation sites excluding steroid dienone is 1. The van der Waals surface area contributed by atoms with Crippen LogP contribution in [0.4, 0.5) is 4.79 Å². The third-order valence-corrected chi connectivity index (χ3v) is 3.96. The van der Waals surface area contributed by atoms with Crippen LogP contribution in [0.15, 0.2) is 12.7 Å². The van der Waals surface area contributed by atoms with Crippen LogP contribution in [0, 0.1) is 17.8 Å². The highest BCUT2D eigenvalue weighted by atomic mass is 16.6. The Morgan fingerprint density at radius 1 is 1.47 bits per heavy atom. The third kappa shape index (κ3) is 2.99. The van der Waals surface area contributed by atoms with Crippen LogP contribution < -0.4 is 0 Å². The minimum atomic E-state index is -0.467. The van der Waals surface area contributed by atoms with Crippen molar-refractivity contribution in [2.24, 2.45) is 17.8 Å². The van der Waals surface area contributed by atoms with E-state index in [1.807, 2.05) is 20.8 Å². The molecule has 3 unspecified atom stereocenters. The van der Waals surface area contributed by atoms with Gasteiger partial charge in [-0.25, -0.2) is 4.79 Å². The van der Waals surface area contributed by atoms with E-state index in [1.165, 1.54) is 0 Å². The lowest BCUT2D eigenvalue weighted by Gasteiger charge is -2.25. The third-order valence-electron chi connectivity index (χ3n) is 3.96. The predicted molar refractivity (Wildman–Crippen MR) is 72.7 cm³/mol. The first-order valence-electron chi connectivity index (χ1n) is 6.93. The Morgan fingerprint density at radius 3 is 2.74 bits per heavy atom. The van der Waals surface area contributed by atoms with Gasteiger partial charge in [0.25, 0.3) is 0 Å². The number of nitrogens with zero attached hydrogens (tertiary/aromatic N) is 1. The Bertz CT molecular complexity index is 397. The first-order chi connectivity index (χ1) is 8.81. The average Bonchev–Trinajstić information content (AvgIpc) is 2.77. The van der Waals surface area contributed by atoms with Gasteiger partial charge < -0.3 is 9.64 Å². The molecule has 1 aliphatic carbocycles. The van der Waals surface area contributed by atoms with E-state index in [-0.39, 0.29) is 17.9 Å². The summed E-state index contributed by atoms with van der Waals surface area (Å²) in [5, 5.41) is 0. The molecule has 0 aromatic rings. The number of Topliss-reactive ketones (excluding diaryl/α,β-unsaturated/α-hetero) is 1. The number of hydrogen-bond donors (Lipinski definition) is 0. The lowest BCUT2D eigenvalue weighted by molar-refractivity contribution is -0.121. The Labute approximate surface area is 114 Å². The zero-order chi connectivity index (χ0) is 14.2. The molecule has 2 rings (SSSR count). The summed E-state index contributed by atoms with van der Waals surface area (Å²) in [6, 6.07) is 0. The van der Waals surface area contributed by atoms with Crippen LogP contribution in [0.1, 0.15) is 33.6 Å². The highest BCUT2D eigenvalue weighted by Gasteiger charge is 2.48. The summed E-state index contributed by atoms with van der Waals surface area (Å²) in [6.07, 6.45) is 2.87. The zero-order valence-corrected chi connectivity index (χ0v) is 12.0. The van der Waals surface area contributed by atoms with E-state index in [0.717, 1.165) is 6.42 Å². The summed E-state index contributed by atoms with van der Waals surface area (Å²) >= 11 is 0. The van der Waals surface area contributed by atoms with E-state index >= 15 is 0 Å². The maximum atomic E-state index is 12.0. The Kier molecular flexibility index (Phi) is 3.70. The molecule has 1 amide bonds. The molecule has 0 spiro atoms. The molecule has 0 N–H and O–H groups in total. The SMILES string of the molecule is C=CCC1C(=O)CC2CN(C(=O)OC(C)(C)C)CC21. The number of amides is 1. The van der Waals surface area contributed by atoms with Crippen molar-refractivity contribution in [3.8, 4) is 0 Å². The number of ketones is 1. The molecule has 4 heteroatoms. The quantitative estimate of drug-likeness (QED) is 0.721. The molecule has 1 saturated heterocycles. The van der Waals surface area contributed by atoms with Crippen LogP contribution in [0.2, 0.25) is 0 Å². The smallest absolute Gasteiger partial charge is 0.410 e. The van der Waals surface area contributed by atoms with Crippen molar-refractivity contribution >= 4 is 11.9 Å². The second kappa shape index (κ2) is 4.99. The van der Waals surface area contributed by atoms with E-state index in [0.29, 0.717) is 31.2 Å². The van der Waals surface area contributed by atoms with Crippen LogP contribution in [-0.4, -0.2) is 35.5 Å². The fourth-order valence-electron chi connectivity index (χ4n) is 3.18. The molecule has 1 aliphatic heterocycles. The van der Waals surface area contributed by atoms with Crippen molar-refractivity contribution in [1.82, 2.24) is 4.90 Å². The molecular formula is C15H23NO3. The van der Waals surface area contributed by atoms with Crippen LogP contribution in [0.25, 0.3) is 0 Å². The predicted octanol–water partition coefficient (Wildman–Crippen LogP) is 2.63. The molecule has 1 heterocycles. The lowest BCUT2D eigenvalue weighted by Crippen LogP contribution is -2.36. The fourth-order valence-corrected chi connectivity index (χ4v) is 3.18. The van der Waals surface area contributed by atoms with Gasteiger partial charge >= 0.3 is 6.09 Å². The highest BCUT2D eigenvalue weighted by Crippen LogP contribution is 2.42. The summed E-state index contributed by atoms with van der Waals surface area (Å²) in [4.78, 5) is 25.7. The van der Waals surface area contributed by atoms with Gasteiger partial charge in [0.15, 0.2) is 0 Å². The van der Waals surface area contributed by atoms with Gasteiger partial charge in [0.1, 0.15) is 11.4 Å². The number of ether oxygens (including phenoxy) is 1. The van der Waals surface area contributed by atoms with Gasteiger partial charge in [-0.05, 0) is 39.0 Å². The summed E-state index contributed by atoms with van der Waals surface area (Å²) in [5.74, 6) is 0.983. The summed E-state index contributed by atoms with van der Waals surface area (Å²) < 4.78 is 5.39. The standard InChI is InChI=1S/C15H23NO3/c1-5-6-11-12-9-16(8-10(12)7-13(11)17)14(18)19-15(2,3)4/h5,10-12H,1,6-9H2,2-4H3. The Morgan fingerprint density at radius 2 is 2.16 bits per heavy atom. The van der Waals surface area contributed by atoms with Crippen molar-refractivity contribution in [2.75, 3.05) is 13.1 Å². The molecule has 2 fully saturated rings. The van der Waals surface area contributed by atoms with Gasteiger partial charge in [-0.15, -0.1) is 6.58 Å². The van der Waals surface area contributed by atoms with Crippen LogP contribution >= 0.6 is 0 Å². The summed E-state index contributed by atoms with van der Waals surface area (Å²) in [5.41, 5.74) is -0.467. The van der Waals surface area contributed by atoms with Crippen molar-refractivity contribution in [2.45, 2.75) is 39.2 Å². The van der Waals surface area contributed by atoms with Crippen LogP contribution in [0.5, 0.6) is 0 Å². The van der Waals surface area contributed by atoms with Crippen molar-refractivity contribution in [3.05, 3.63) is 12.7 Å². The summed E-state index contributed by atoms with van der Waals surface area (Å²) in [6.45, 7) is 10.6. The molecule has 0 radical (unpaired) electrons. The normalized spacial score (nSPS) is 30.4. The molecule has 3 atom stereocenters. The van der Waals surface area contributed by atoms with Gasteiger partial charge in [-0.1, -0.05) is 6.08 Å². The van der Waals surface area contributed by atoms with Gasteiger partial charge in [0, 0.05) is 25.4 Å². The number of hydrogen-bond acceptors (Lipinski definition) is 3. The van der Waals surface area contributed by atoms with Gasteiger partial charge in [0.05, 0.1) is 0 Å². The molecule has 19 heavy (non-hydrogen) atoms. The van der Waals surface area contributed by atoms with Crippen molar-refractivity contribution in [1.29, 1.82) is 0 Å². The zero-order valence-electron chi connectivity index (χ0n) is 12.0. The molecule has 0 aromatic carbocycles. The number of carbonyl (C=O) groups is 2. The second-order valence-electron chi connectivity index (χ2n) is 6.61. The van der Waals surface area contributed by atoms with Gasteiger partial charge in [-0.3, -0.25) is 4.79 Å². The Hall–Kier alpha value is -1.32. The fraction of sp³-hybridized carbons (Fsp3) is 0.733. The molecule has 2 aliphatic rings. The summed E-state index contributed by atoms with van der Waals surface area (Å²) in [7, 11) is 0. The maximum absolute atomic E-state index is 12.0. The van der Waals surface area contributed by atoms with Crippen molar-refractivity contribution < 1.29 is 14.3 Å². The van der Waals surface area contributed by atoms with Crippen LogP contribution in [0.3, 0.4) is 0 Å². The largest absolute Gasteiger partial charge is 0.444 e. The topological polar surface area (TPSA) is 46.6 Å². The van der Waals surface area contributed by atoms with E-state index in [4.69, 9.17) is 4.74 Å². The van der Waals surface area contributed by atoms with Gasteiger partial charge in [0.2, 0.25) is 0 Å². The lowest BCUT2D eigenvalue weighted by atomic mass is 9.90. The molecule has 1 saturated carbocycles. The number of rotatable bonds is 2. The number of likely N-dealkylation sites (tertiary alicyclic amines) is 1. The first kappa shape index (κ1) is 14.1. The number of carbonyl (C=O) groups excluding carboxylic acids is 2.